The molecule has 1 aromatic heterocycles. The van der Waals surface area contributed by atoms with Crippen molar-refractivity contribution in [1.82, 2.24) is 0 Å². The zero-order valence-corrected chi connectivity index (χ0v) is 13.6. The van der Waals surface area contributed by atoms with Crippen LogP contribution in [-0.4, -0.2) is 23.6 Å². The molecule has 0 bridgehead atoms. The highest BCUT2D eigenvalue weighted by Crippen LogP contribution is 2.21. The molecule has 5 heteroatoms. The van der Waals surface area contributed by atoms with Gasteiger partial charge in [0.2, 0.25) is 0 Å². The maximum absolute atomic E-state index is 11.7. The van der Waals surface area contributed by atoms with Crippen molar-refractivity contribution < 1.29 is 19.1 Å². The van der Waals surface area contributed by atoms with E-state index in [2.05, 4.69) is 0 Å². The van der Waals surface area contributed by atoms with Gasteiger partial charge in [-0.25, -0.2) is 4.79 Å². The minimum absolute atomic E-state index is 0.0387. The van der Waals surface area contributed by atoms with E-state index in [-0.39, 0.29) is 18.3 Å². The third-order valence-electron chi connectivity index (χ3n) is 4.06. The van der Waals surface area contributed by atoms with E-state index in [4.69, 9.17) is 9.15 Å². The molecule has 5 nitrogen and oxygen atoms in total. The molecule has 0 aliphatic rings. The molecule has 0 unspecified atom stereocenters. The second kappa shape index (κ2) is 7.42. The summed E-state index contributed by atoms with van der Waals surface area (Å²) in [5.41, 5.74) is 0.0445. The standard InChI is InChI=1S/C18H22O5/c1-4-15(19)12(3)18(21)11(2)10-22-14-7-5-13-6-8-17(20)23-16(13)9-14/h5-9,11-12,18,21H,4,10H2,1-3H3/t11-,12-,18-/m0/s1. The second-order valence-electron chi connectivity index (χ2n) is 5.84. The van der Waals surface area contributed by atoms with E-state index >= 15 is 0 Å². The van der Waals surface area contributed by atoms with Crippen LogP contribution in [0, 0.1) is 11.8 Å². The number of fused-ring (bicyclic) bond motifs is 1. The van der Waals surface area contributed by atoms with Gasteiger partial charge in [0.15, 0.2) is 0 Å². The van der Waals surface area contributed by atoms with Gasteiger partial charge < -0.3 is 14.3 Å². The number of benzene rings is 1. The first-order valence-corrected chi connectivity index (χ1v) is 7.80. The topological polar surface area (TPSA) is 76.7 Å². The number of carbonyl (C=O) groups is 1. The maximum Gasteiger partial charge on any atom is 0.336 e. The van der Waals surface area contributed by atoms with Gasteiger partial charge in [-0.05, 0) is 18.2 Å². The molecule has 2 rings (SSSR count). The maximum atomic E-state index is 11.7. The Hall–Kier alpha value is -2.14. The summed E-state index contributed by atoms with van der Waals surface area (Å²) in [4.78, 5) is 22.9. The molecule has 0 radical (unpaired) electrons. The average Bonchev–Trinajstić information content (AvgIpc) is 2.57. The van der Waals surface area contributed by atoms with Crippen LogP contribution in [-0.2, 0) is 4.79 Å². The van der Waals surface area contributed by atoms with E-state index in [1.807, 2.05) is 6.92 Å². The van der Waals surface area contributed by atoms with Gasteiger partial charge in [0.1, 0.15) is 17.1 Å². The van der Waals surface area contributed by atoms with Crippen molar-refractivity contribution in [3.8, 4) is 5.75 Å². The van der Waals surface area contributed by atoms with Gasteiger partial charge in [0.05, 0.1) is 12.7 Å². The number of ketones is 1. The Labute approximate surface area is 134 Å². The normalized spacial score (nSPS) is 15.1. The molecule has 1 aromatic carbocycles. The molecule has 0 saturated carbocycles. The van der Waals surface area contributed by atoms with E-state index in [1.54, 1.807) is 38.1 Å². The Bertz CT molecular complexity index is 734. The molecule has 3 atom stereocenters. The molecule has 0 saturated heterocycles. The van der Waals surface area contributed by atoms with Crippen molar-refractivity contribution in [3.05, 3.63) is 40.8 Å². The number of aliphatic hydroxyl groups excluding tert-OH is 1. The predicted octanol–water partition coefficient (Wildman–Crippen LogP) is 2.78. The highest BCUT2D eigenvalue weighted by atomic mass is 16.5. The fraction of sp³-hybridized carbons (Fsp3) is 0.444. The van der Waals surface area contributed by atoms with Crippen LogP contribution in [0.3, 0.4) is 0 Å². The second-order valence-corrected chi connectivity index (χ2v) is 5.84. The molecule has 2 aromatic rings. The molecular weight excluding hydrogens is 296 g/mol. The zero-order chi connectivity index (χ0) is 17.0. The number of hydrogen-bond donors (Lipinski definition) is 1. The summed E-state index contributed by atoms with van der Waals surface area (Å²) in [6.07, 6.45) is -0.337. The molecule has 0 aliphatic heterocycles. The Kier molecular flexibility index (Phi) is 5.55. The monoisotopic (exact) mass is 318 g/mol. The number of ether oxygens (including phenoxy) is 1. The molecule has 0 fully saturated rings. The van der Waals surface area contributed by atoms with Crippen molar-refractivity contribution in [1.29, 1.82) is 0 Å². The molecule has 124 valence electrons. The van der Waals surface area contributed by atoms with Crippen molar-refractivity contribution in [2.45, 2.75) is 33.3 Å². The van der Waals surface area contributed by atoms with Crippen LogP contribution in [0.4, 0.5) is 0 Å². The summed E-state index contributed by atoms with van der Waals surface area (Å²) in [5.74, 6) is -0.00981. The van der Waals surface area contributed by atoms with Crippen LogP contribution in [0.25, 0.3) is 11.0 Å². The van der Waals surface area contributed by atoms with E-state index in [0.717, 1.165) is 5.39 Å². The van der Waals surface area contributed by atoms with E-state index in [1.165, 1.54) is 6.07 Å². The number of rotatable bonds is 7. The van der Waals surface area contributed by atoms with E-state index in [0.29, 0.717) is 17.8 Å². The van der Waals surface area contributed by atoms with Crippen LogP contribution in [0.15, 0.2) is 39.5 Å². The van der Waals surface area contributed by atoms with Crippen LogP contribution >= 0.6 is 0 Å². The molecule has 0 amide bonds. The summed E-state index contributed by atoms with van der Waals surface area (Å²) >= 11 is 0. The number of carbonyl (C=O) groups excluding carboxylic acids is 1. The molecule has 1 heterocycles. The smallest absolute Gasteiger partial charge is 0.336 e. The molecule has 1 N–H and O–H groups in total. The number of hydrogen-bond acceptors (Lipinski definition) is 5. The van der Waals surface area contributed by atoms with Gasteiger partial charge in [-0.3, -0.25) is 4.79 Å². The van der Waals surface area contributed by atoms with Crippen LogP contribution in [0.5, 0.6) is 5.75 Å². The van der Waals surface area contributed by atoms with Crippen LogP contribution < -0.4 is 10.4 Å². The lowest BCUT2D eigenvalue weighted by atomic mass is 9.90. The van der Waals surface area contributed by atoms with Crippen molar-refractivity contribution in [2.75, 3.05) is 6.61 Å². The molecule has 0 spiro atoms. The van der Waals surface area contributed by atoms with Crippen LogP contribution in [0.1, 0.15) is 27.2 Å². The fourth-order valence-electron chi connectivity index (χ4n) is 2.46. The van der Waals surface area contributed by atoms with Crippen molar-refractivity contribution in [3.63, 3.8) is 0 Å². The minimum Gasteiger partial charge on any atom is -0.493 e. The van der Waals surface area contributed by atoms with Gasteiger partial charge in [0, 0.05) is 35.8 Å². The highest BCUT2D eigenvalue weighted by molar-refractivity contribution is 5.80. The summed E-state index contributed by atoms with van der Waals surface area (Å²) in [6, 6.07) is 8.29. The third kappa shape index (κ3) is 4.20. The predicted molar refractivity (Wildman–Crippen MR) is 87.6 cm³/mol. The lowest BCUT2D eigenvalue weighted by molar-refractivity contribution is -0.126. The molecular formula is C18H22O5. The Morgan fingerprint density at radius 3 is 2.65 bits per heavy atom. The van der Waals surface area contributed by atoms with Gasteiger partial charge in [0.25, 0.3) is 0 Å². The zero-order valence-electron chi connectivity index (χ0n) is 13.6. The first-order valence-electron chi connectivity index (χ1n) is 7.80. The summed E-state index contributed by atoms with van der Waals surface area (Å²) in [5, 5.41) is 11.0. The lowest BCUT2D eigenvalue weighted by Crippen LogP contribution is -2.34. The van der Waals surface area contributed by atoms with Crippen molar-refractivity contribution in [2.24, 2.45) is 11.8 Å². The minimum atomic E-state index is -0.749. The summed E-state index contributed by atoms with van der Waals surface area (Å²) in [7, 11) is 0. The third-order valence-corrected chi connectivity index (χ3v) is 4.06. The number of aliphatic hydroxyl groups is 1. The highest BCUT2D eigenvalue weighted by Gasteiger charge is 2.26. The summed E-state index contributed by atoms with van der Waals surface area (Å²) in [6.45, 7) is 5.63. The van der Waals surface area contributed by atoms with Crippen LogP contribution in [0.2, 0.25) is 0 Å². The Morgan fingerprint density at radius 2 is 1.96 bits per heavy atom. The van der Waals surface area contributed by atoms with Gasteiger partial charge >= 0.3 is 5.63 Å². The quantitative estimate of drug-likeness (QED) is 0.794. The van der Waals surface area contributed by atoms with Gasteiger partial charge in [-0.15, -0.1) is 0 Å². The lowest BCUT2D eigenvalue weighted by Gasteiger charge is -2.23. The van der Waals surface area contributed by atoms with E-state index < -0.39 is 17.6 Å². The van der Waals surface area contributed by atoms with E-state index in [9.17, 15) is 14.7 Å². The summed E-state index contributed by atoms with van der Waals surface area (Å²) < 4.78 is 10.8. The molecule has 0 aliphatic carbocycles. The first-order chi connectivity index (χ1) is 10.9. The Morgan fingerprint density at radius 1 is 1.26 bits per heavy atom. The van der Waals surface area contributed by atoms with Gasteiger partial charge in [-0.2, -0.15) is 0 Å². The SMILES string of the molecule is CCC(=O)[C@H](C)[C@@H](O)[C@@H](C)COc1ccc2ccc(=O)oc2c1. The fourth-order valence-corrected chi connectivity index (χ4v) is 2.46. The average molecular weight is 318 g/mol. The first kappa shape index (κ1) is 17.2. The number of Topliss-reactive ketones (excluding diaryl/α,β-unsaturated/α-hetero) is 1. The largest absolute Gasteiger partial charge is 0.493 e. The Balaban J connectivity index is 2.02. The van der Waals surface area contributed by atoms with Gasteiger partial charge in [-0.1, -0.05) is 20.8 Å². The molecule has 23 heavy (non-hydrogen) atoms. The van der Waals surface area contributed by atoms with Crippen molar-refractivity contribution >= 4 is 16.8 Å².